The minimum atomic E-state index is -0.442. The molecule has 6 nitrogen and oxygen atoms in total. The molecule has 3 rings (SSSR count). The lowest BCUT2D eigenvalue weighted by molar-refractivity contribution is -0.120. The smallest absolute Gasteiger partial charge is 0.253 e. The molecule has 3 aromatic rings. The fourth-order valence-corrected chi connectivity index (χ4v) is 5.01. The van der Waals surface area contributed by atoms with Crippen molar-refractivity contribution in [3.05, 3.63) is 101 Å². The highest BCUT2D eigenvalue weighted by molar-refractivity contribution is 6.00. The number of para-hydroxylation sites is 1. The van der Waals surface area contributed by atoms with Crippen molar-refractivity contribution in [2.75, 3.05) is 18.4 Å². The number of rotatable bonds is 14. The Morgan fingerprint density at radius 1 is 0.775 bits per heavy atom. The molecule has 40 heavy (non-hydrogen) atoms. The first kappa shape index (κ1) is 30.6. The number of aryl methyl sites for hydroxylation is 1. The molecular formula is C34H43N3O3. The topological polar surface area (TPSA) is 78.5 Å². The highest BCUT2D eigenvalue weighted by atomic mass is 16.2. The van der Waals surface area contributed by atoms with Crippen molar-refractivity contribution in [1.29, 1.82) is 0 Å². The van der Waals surface area contributed by atoms with Gasteiger partial charge in [-0.1, -0.05) is 81.8 Å². The number of nitrogens with zero attached hydrogens (tertiary/aromatic N) is 1. The van der Waals surface area contributed by atoms with Gasteiger partial charge in [0.2, 0.25) is 5.91 Å². The van der Waals surface area contributed by atoms with Crippen LogP contribution in [-0.2, 0) is 11.2 Å². The van der Waals surface area contributed by atoms with Gasteiger partial charge in [0.15, 0.2) is 0 Å². The summed E-state index contributed by atoms with van der Waals surface area (Å²) in [4.78, 5) is 42.3. The van der Waals surface area contributed by atoms with E-state index >= 15 is 0 Å². The first-order valence-corrected chi connectivity index (χ1v) is 14.5. The number of carbonyl (C=O) groups is 3. The number of hydrogen-bond donors (Lipinski definition) is 2. The van der Waals surface area contributed by atoms with E-state index in [4.69, 9.17) is 0 Å². The SMILES string of the molecule is CCCC(C(=O)Nc1ccccc1C)C(Cc1ccccc1)NC(=O)c1cccc(C(=O)N(CCC)CCC)c1. The van der Waals surface area contributed by atoms with Crippen molar-refractivity contribution in [2.45, 2.75) is 65.8 Å². The number of amides is 3. The van der Waals surface area contributed by atoms with Crippen LogP contribution < -0.4 is 10.6 Å². The van der Waals surface area contributed by atoms with Gasteiger partial charge in [-0.15, -0.1) is 0 Å². The molecule has 0 aliphatic rings. The van der Waals surface area contributed by atoms with Gasteiger partial charge < -0.3 is 15.5 Å². The fraction of sp³-hybridized carbons (Fsp3) is 0.382. The monoisotopic (exact) mass is 541 g/mol. The predicted octanol–water partition coefficient (Wildman–Crippen LogP) is 6.65. The molecule has 3 amide bonds. The molecule has 0 aromatic heterocycles. The third kappa shape index (κ3) is 8.54. The van der Waals surface area contributed by atoms with E-state index in [9.17, 15) is 14.4 Å². The normalized spacial score (nSPS) is 12.3. The summed E-state index contributed by atoms with van der Waals surface area (Å²) in [6, 6.07) is 24.1. The van der Waals surface area contributed by atoms with Crippen LogP contribution in [0.4, 0.5) is 5.69 Å². The van der Waals surface area contributed by atoms with E-state index in [0.717, 1.165) is 36.1 Å². The van der Waals surface area contributed by atoms with Crippen LogP contribution in [-0.4, -0.2) is 41.8 Å². The Morgan fingerprint density at radius 2 is 1.43 bits per heavy atom. The summed E-state index contributed by atoms with van der Waals surface area (Å²) in [5, 5.41) is 6.26. The third-order valence-corrected chi connectivity index (χ3v) is 7.09. The molecule has 3 aromatic carbocycles. The summed E-state index contributed by atoms with van der Waals surface area (Å²) in [7, 11) is 0. The van der Waals surface area contributed by atoms with Crippen molar-refractivity contribution in [3.63, 3.8) is 0 Å². The van der Waals surface area contributed by atoms with E-state index in [1.54, 1.807) is 24.3 Å². The zero-order valence-electron chi connectivity index (χ0n) is 24.3. The molecule has 0 aliphatic heterocycles. The maximum absolute atomic E-state index is 13.6. The Kier molecular flexibility index (Phi) is 11.9. The fourth-order valence-electron chi connectivity index (χ4n) is 5.01. The van der Waals surface area contributed by atoms with Crippen LogP contribution >= 0.6 is 0 Å². The van der Waals surface area contributed by atoms with Crippen LogP contribution in [0.5, 0.6) is 0 Å². The largest absolute Gasteiger partial charge is 0.348 e. The van der Waals surface area contributed by atoms with Gasteiger partial charge >= 0.3 is 0 Å². The highest BCUT2D eigenvalue weighted by Gasteiger charge is 2.30. The van der Waals surface area contributed by atoms with Crippen LogP contribution in [0.25, 0.3) is 0 Å². The zero-order chi connectivity index (χ0) is 28.9. The molecule has 2 unspecified atom stereocenters. The van der Waals surface area contributed by atoms with E-state index in [-0.39, 0.29) is 17.7 Å². The quantitative estimate of drug-likeness (QED) is 0.240. The number of hydrogen-bond acceptors (Lipinski definition) is 3. The first-order chi connectivity index (χ1) is 19.4. The molecule has 0 radical (unpaired) electrons. The Labute approximate surface area is 239 Å². The number of anilines is 1. The van der Waals surface area contributed by atoms with Gasteiger partial charge in [-0.2, -0.15) is 0 Å². The lowest BCUT2D eigenvalue weighted by Gasteiger charge is -2.28. The number of nitrogens with one attached hydrogen (secondary N) is 2. The molecule has 0 heterocycles. The summed E-state index contributed by atoms with van der Waals surface area (Å²) < 4.78 is 0. The van der Waals surface area contributed by atoms with Gasteiger partial charge in [-0.3, -0.25) is 14.4 Å². The zero-order valence-corrected chi connectivity index (χ0v) is 24.3. The van der Waals surface area contributed by atoms with E-state index in [0.29, 0.717) is 37.1 Å². The lowest BCUT2D eigenvalue weighted by atomic mass is 9.88. The van der Waals surface area contributed by atoms with Crippen LogP contribution in [0.3, 0.4) is 0 Å². The molecule has 2 atom stereocenters. The van der Waals surface area contributed by atoms with Gasteiger partial charge in [0.05, 0.1) is 5.92 Å². The first-order valence-electron chi connectivity index (χ1n) is 14.5. The van der Waals surface area contributed by atoms with E-state index < -0.39 is 12.0 Å². The van der Waals surface area contributed by atoms with Crippen LogP contribution in [0, 0.1) is 12.8 Å². The third-order valence-electron chi connectivity index (χ3n) is 7.09. The van der Waals surface area contributed by atoms with Gasteiger partial charge in [0.1, 0.15) is 0 Å². The predicted molar refractivity (Wildman–Crippen MR) is 163 cm³/mol. The van der Waals surface area contributed by atoms with Crippen LogP contribution in [0.1, 0.15) is 78.3 Å². The van der Waals surface area contributed by atoms with Crippen LogP contribution in [0.2, 0.25) is 0 Å². The van der Waals surface area contributed by atoms with Crippen molar-refractivity contribution in [3.8, 4) is 0 Å². The second kappa shape index (κ2) is 15.6. The maximum Gasteiger partial charge on any atom is 0.253 e. The van der Waals surface area contributed by atoms with Gasteiger partial charge in [-0.25, -0.2) is 0 Å². The molecule has 212 valence electrons. The summed E-state index contributed by atoms with van der Waals surface area (Å²) in [6.07, 6.45) is 3.67. The minimum Gasteiger partial charge on any atom is -0.348 e. The minimum absolute atomic E-state index is 0.0688. The summed E-state index contributed by atoms with van der Waals surface area (Å²) in [5.41, 5.74) is 3.70. The maximum atomic E-state index is 13.6. The summed E-state index contributed by atoms with van der Waals surface area (Å²) in [5.74, 6) is -0.919. The Bertz CT molecular complexity index is 1250. The molecule has 0 saturated carbocycles. The van der Waals surface area contributed by atoms with Crippen molar-refractivity contribution < 1.29 is 14.4 Å². The molecule has 0 saturated heterocycles. The van der Waals surface area contributed by atoms with Crippen molar-refractivity contribution in [2.24, 2.45) is 5.92 Å². The van der Waals surface area contributed by atoms with Crippen molar-refractivity contribution >= 4 is 23.4 Å². The summed E-state index contributed by atoms with van der Waals surface area (Å²) >= 11 is 0. The van der Waals surface area contributed by atoms with E-state index in [1.807, 2.05) is 73.3 Å². The molecule has 0 aliphatic carbocycles. The Hall–Kier alpha value is -3.93. The Balaban J connectivity index is 1.88. The van der Waals surface area contributed by atoms with Gasteiger partial charge in [-0.05, 0) is 68.0 Å². The molecule has 6 heteroatoms. The van der Waals surface area contributed by atoms with Gasteiger partial charge in [0, 0.05) is 35.9 Å². The molecule has 0 bridgehead atoms. The standard InChI is InChI=1S/C34H43N3O3/c1-5-14-29(33(39)35-30-20-12-11-15-25(30)4)31(23-26-16-9-8-10-17-26)36-32(38)27-18-13-19-28(24-27)34(40)37(21-6-2)22-7-3/h8-13,15-20,24,29,31H,5-7,14,21-23H2,1-4H3,(H,35,39)(H,36,38). The second-order valence-corrected chi connectivity index (χ2v) is 10.3. The lowest BCUT2D eigenvalue weighted by Crippen LogP contribution is -2.46. The van der Waals surface area contributed by atoms with E-state index in [2.05, 4.69) is 24.5 Å². The van der Waals surface area contributed by atoms with Crippen molar-refractivity contribution in [1.82, 2.24) is 10.2 Å². The molecule has 0 spiro atoms. The highest BCUT2D eigenvalue weighted by Crippen LogP contribution is 2.22. The average Bonchev–Trinajstić information content (AvgIpc) is 2.97. The second-order valence-electron chi connectivity index (χ2n) is 10.3. The molecule has 2 N–H and O–H groups in total. The molecule has 0 fully saturated rings. The van der Waals surface area contributed by atoms with Crippen LogP contribution in [0.15, 0.2) is 78.9 Å². The van der Waals surface area contributed by atoms with Gasteiger partial charge in [0.25, 0.3) is 11.8 Å². The average molecular weight is 542 g/mol. The number of carbonyl (C=O) groups excluding carboxylic acids is 3. The summed E-state index contributed by atoms with van der Waals surface area (Å²) in [6.45, 7) is 9.46. The molecular weight excluding hydrogens is 498 g/mol. The Morgan fingerprint density at radius 3 is 2.08 bits per heavy atom. The van der Waals surface area contributed by atoms with E-state index in [1.165, 1.54) is 0 Å². The number of benzene rings is 3.